The van der Waals surface area contributed by atoms with Gasteiger partial charge in [0.05, 0.1) is 24.8 Å². The second kappa shape index (κ2) is 15.1. The minimum Gasteiger partial charge on any atom is -0.497 e. The average Bonchev–Trinajstić information content (AvgIpc) is 3.00. The lowest BCUT2D eigenvalue weighted by Crippen LogP contribution is -2.52. The van der Waals surface area contributed by atoms with E-state index in [1.165, 1.54) is 31.3 Å². The molecule has 3 aromatic carbocycles. The summed E-state index contributed by atoms with van der Waals surface area (Å²) in [5.74, 6) is -0.00412. The fourth-order valence-corrected chi connectivity index (χ4v) is 5.85. The number of unbranched alkanes of at least 4 members (excludes halogenated alkanes) is 1. The van der Waals surface area contributed by atoms with Crippen LogP contribution in [0.2, 0.25) is 0 Å². The molecule has 1 atom stereocenters. The number of carbonyl (C=O) groups excluding carboxylic acids is 2. The Bertz CT molecular complexity index is 1380. The van der Waals surface area contributed by atoms with Crippen LogP contribution in [0.15, 0.2) is 83.8 Å². The summed E-state index contributed by atoms with van der Waals surface area (Å²) in [5.41, 5.74) is 1.03. The van der Waals surface area contributed by atoms with Crippen molar-refractivity contribution in [2.24, 2.45) is 0 Å². The fourth-order valence-electron chi connectivity index (χ4n) is 4.43. The van der Waals surface area contributed by atoms with E-state index in [2.05, 4.69) is 5.32 Å². The monoisotopic (exact) mass is 581 g/mol. The van der Waals surface area contributed by atoms with Crippen LogP contribution < -0.4 is 19.1 Å². The van der Waals surface area contributed by atoms with Crippen molar-refractivity contribution in [3.63, 3.8) is 0 Å². The topological polar surface area (TPSA) is 105 Å². The number of methoxy groups -OCH3 is 2. The molecule has 1 N–H and O–H groups in total. The first kappa shape index (κ1) is 31.5. The summed E-state index contributed by atoms with van der Waals surface area (Å²) < 4.78 is 39.8. The van der Waals surface area contributed by atoms with E-state index in [1.807, 2.05) is 44.2 Å². The van der Waals surface area contributed by atoms with Crippen molar-refractivity contribution in [3.8, 4) is 11.5 Å². The van der Waals surface area contributed by atoms with Gasteiger partial charge in [-0.05, 0) is 54.8 Å². The van der Waals surface area contributed by atoms with Gasteiger partial charge in [0.2, 0.25) is 11.8 Å². The summed E-state index contributed by atoms with van der Waals surface area (Å²) in [6, 6.07) is 21.1. The maximum absolute atomic E-state index is 14.1. The number of sulfonamides is 1. The van der Waals surface area contributed by atoms with Gasteiger partial charge < -0.3 is 19.7 Å². The molecule has 0 saturated heterocycles. The lowest BCUT2D eigenvalue weighted by Gasteiger charge is -2.33. The third-order valence-electron chi connectivity index (χ3n) is 6.69. The molecule has 0 bridgehead atoms. The van der Waals surface area contributed by atoms with Gasteiger partial charge in [0, 0.05) is 13.1 Å². The summed E-state index contributed by atoms with van der Waals surface area (Å²) in [6.45, 7) is 3.96. The van der Waals surface area contributed by atoms with Gasteiger partial charge in [-0.3, -0.25) is 13.9 Å². The molecule has 10 heteroatoms. The van der Waals surface area contributed by atoms with Crippen LogP contribution in [0.4, 0.5) is 5.69 Å². The van der Waals surface area contributed by atoms with E-state index in [9.17, 15) is 18.0 Å². The van der Waals surface area contributed by atoms with E-state index in [1.54, 1.807) is 36.4 Å². The van der Waals surface area contributed by atoms with E-state index < -0.39 is 28.5 Å². The Morgan fingerprint density at radius 3 is 2.15 bits per heavy atom. The van der Waals surface area contributed by atoms with Crippen molar-refractivity contribution in [2.45, 2.75) is 50.6 Å². The molecule has 3 aromatic rings. The van der Waals surface area contributed by atoms with Gasteiger partial charge in [-0.15, -0.1) is 0 Å². The first-order valence-electron chi connectivity index (χ1n) is 13.7. The summed E-state index contributed by atoms with van der Waals surface area (Å²) >= 11 is 0. The Balaban J connectivity index is 2.06. The van der Waals surface area contributed by atoms with E-state index in [4.69, 9.17) is 9.47 Å². The second-order valence-corrected chi connectivity index (χ2v) is 11.3. The number of anilines is 1. The molecular weight excluding hydrogens is 542 g/mol. The normalized spacial score (nSPS) is 11.8. The quantitative estimate of drug-likeness (QED) is 0.263. The zero-order valence-electron chi connectivity index (χ0n) is 24.1. The van der Waals surface area contributed by atoms with Crippen molar-refractivity contribution in [1.82, 2.24) is 10.2 Å². The Morgan fingerprint density at radius 2 is 1.54 bits per heavy atom. The average molecular weight is 582 g/mol. The number of hydrogen-bond acceptors (Lipinski definition) is 6. The third kappa shape index (κ3) is 8.00. The molecule has 0 fully saturated rings. The van der Waals surface area contributed by atoms with Crippen LogP contribution in [0.5, 0.6) is 11.5 Å². The number of amides is 2. The van der Waals surface area contributed by atoms with Crippen LogP contribution in [-0.2, 0) is 26.2 Å². The van der Waals surface area contributed by atoms with Gasteiger partial charge >= 0.3 is 0 Å². The van der Waals surface area contributed by atoms with Crippen LogP contribution in [-0.4, -0.2) is 58.5 Å². The van der Waals surface area contributed by atoms with Gasteiger partial charge in [-0.2, -0.15) is 0 Å². The maximum atomic E-state index is 14.1. The van der Waals surface area contributed by atoms with E-state index in [-0.39, 0.29) is 28.8 Å². The lowest BCUT2D eigenvalue weighted by molar-refractivity contribution is -0.140. The van der Waals surface area contributed by atoms with Gasteiger partial charge in [-0.1, -0.05) is 62.7 Å². The zero-order chi connectivity index (χ0) is 29.8. The predicted octanol–water partition coefficient (Wildman–Crippen LogP) is 4.62. The number of carbonyl (C=O) groups is 2. The molecule has 0 saturated carbocycles. The van der Waals surface area contributed by atoms with Gasteiger partial charge in [-0.25, -0.2) is 8.42 Å². The minimum absolute atomic E-state index is 0.0176. The second-order valence-electron chi connectivity index (χ2n) is 9.43. The highest BCUT2D eigenvalue weighted by molar-refractivity contribution is 7.92. The fraction of sp³-hybridized carbons (Fsp3) is 0.355. The highest BCUT2D eigenvalue weighted by Gasteiger charge is 2.34. The van der Waals surface area contributed by atoms with Crippen LogP contribution in [0.3, 0.4) is 0 Å². The van der Waals surface area contributed by atoms with Crippen LogP contribution >= 0.6 is 0 Å². The van der Waals surface area contributed by atoms with Crippen molar-refractivity contribution in [2.75, 3.05) is 31.6 Å². The molecule has 0 heterocycles. The standard InChI is InChI=1S/C31H39N3O6S/c1-5-7-21-32-31(36)27(6-2)33(22-24-13-9-8-10-14-24)30(35)23-34(28-15-11-12-16-29(28)40-4)41(37,38)26-19-17-25(39-3)18-20-26/h8-20,27H,5-7,21-23H2,1-4H3,(H,32,36)/t27-/m1/s1. The molecule has 0 aromatic heterocycles. The SMILES string of the molecule is CCCCNC(=O)[C@@H](CC)N(Cc1ccccc1)C(=O)CN(c1ccccc1OC)S(=O)(=O)c1ccc(OC)cc1. The predicted molar refractivity (Wildman–Crippen MR) is 160 cm³/mol. The van der Waals surface area contributed by atoms with E-state index >= 15 is 0 Å². The molecule has 0 aliphatic rings. The molecule has 0 radical (unpaired) electrons. The van der Waals surface area contributed by atoms with Gasteiger partial charge in [0.15, 0.2) is 0 Å². The Labute approximate surface area is 243 Å². The Kier molecular flexibility index (Phi) is 11.6. The maximum Gasteiger partial charge on any atom is 0.264 e. The largest absolute Gasteiger partial charge is 0.497 e. The van der Waals surface area contributed by atoms with Crippen molar-refractivity contribution < 1.29 is 27.5 Å². The Morgan fingerprint density at radius 1 is 0.878 bits per heavy atom. The molecule has 0 unspecified atom stereocenters. The van der Waals surface area contributed by atoms with Crippen molar-refractivity contribution >= 4 is 27.5 Å². The third-order valence-corrected chi connectivity index (χ3v) is 8.47. The summed E-state index contributed by atoms with van der Waals surface area (Å²) in [6.07, 6.45) is 2.09. The van der Waals surface area contributed by atoms with Crippen LogP contribution in [0.25, 0.3) is 0 Å². The number of rotatable bonds is 15. The van der Waals surface area contributed by atoms with Crippen LogP contribution in [0, 0.1) is 0 Å². The van der Waals surface area contributed by atoms with Gasteiger partial charge in [0.25, 0.3) is 10.0 Å². The highest BCUT2D eigenvalue weighted by Crippen LogP contribution is 2.33. The molecule has 2 amide bonds. The summed E-state index contributed by atoms with van der Waals surface area (Å²) in [4.78, 5) is 28.8. The molecule has 0 spiro atoms. The van der Waals surface area contributed by atoms with Crippen molar-refractivity contribution in [1.29, 1.82) is 0 Å². The van der Waals surface area contributed by atoms with E-state index in [0.717, 1.165) is 22.7 Å². The minimum atomic E-state index is -4.23. The molecule has 9 nitrogen and oxygen atoms in total. The molecule has 0 aliphatic carbocycles. The number of hydrogen-bond donors (Lipinski definition) is 1. The first-order valence-corrected chi connectivity index (χ1v) is 15.1. The number of nitrogens with zero attached hydrogens (tertiary/aromatic N) is 2. The zero-order valence-corrected chi connectivity index (χ0v) is 24.9. The molecule has 41 heavy (non-hydrogen) atoms. The first-order chi connectivity index (χ1) is 19.8. The van der Waals surface area contributed by atoms with Crippen LogP contribution in [0.1, 0.15) is 38.7 Å². The molecule has 220 valence electrons. The number of para-hydroxylation sites is 2. The highest BCUT2D eigenvalue weighted by atomic mass is 32.2. The van der Waals surface area contributed by atoms with E-state index in [0.29, 0.717) is 18.7 Å². The lowest BCUT2D eigenvalue weighted by atomic mass is 10.1. The number of benzene rings is 3. The number of nitrogens with one attached hydrogen (secondary N) is 1. The van der Waals surface area contributed by atoms with Crippen molar-refractivity contribution in [3.05, 3.63) is 84.4 Å². The summed E-state index contributed by atoms with van der Waals surface area (Å²) in [5, 5.41) is 2.93. The Hall–Kier alpha value is -4.05. The molecular formula is C31H39N3O6S. The molecule has 0 aliphatic heterocycles. The smallest absolute Gasteiger partial charge is 0.264 e. The van der Waals surface area contributed by atoms with Gasteiger partial charge in [0.1, 0.15) is 24.1 Å². The number of ether oxygens (including phenoxy) is 2. The summed E-state index contributed by atoms with van der Waals surface area (Å²) in [7, 11) is -1.30. The molecule has 3 rings (SSSR count).